The van der Waals surface area contributed by atoms with Crippen molar-refractivity contribution in [2.75, 3.05) is 0 Å². The van der Waals surface area contributed by atoms with Crippen LogP contribution in [0, 0.1) is 0 Å². The van der Waals surface area contributed by atoms with E-state index in [-0.39, 0.29) is 0 Å². The standard InChI is InChI=1S/C30H16BrNO/c31-25-12-5-11-24-23-10-3-7-18(29(23)33-30(24)25)17-14-15-20-22-9-4-8-21-19-6-1-2-13-26(19)32(28(21)22)27(20)16-17/h1-16H. The molecule has 8 aromatic rings. The summed E-state index contributed by atoms with van der Waals surface area (Å²) in [6, 6.07) is 34.8. The van der Waals surface area contributed by atoms with E-state index in [1.54, 1.807) is 0 Å². The van der Waals surface area contributed by atoms with Crippen LogP contribution in [0.2, 0.25) is 0 Å². The highest BCUT2D eigenvalue weighted by molar-refractivity contribution is 9.10. The van der Waals surface area contributed by atoms with E-state index in [2.05, 4.69) is 111 Å². The minimum Gasteiger partial charge on any atom is -0.454 e. The highest BCUT2D eigenvalue weighted by atomic mass is 79.9. The zero-order valence-corrected chi connectivity index (χ0v) is 19.1. The van der Waals surface area contributed by atoms with Gasteiger partial charge in [-0.25, -0.2) is 0 Å². The first-order valence-electron chi connectivity index (χ1n) is 11.1. The van der Waals surface area contributed by atoms with Crippen molar-refractivity contribution in [1.29, 1.82) is 0 Å². The number of nitrogens with zero attached hydrogens (tertiary/aromatic N) is 1. The molecule has 0 radical (unpaired) electrons. The SMILES string of the molecule is Brc1cccc2c1oc1c(-c3ccc4c5cccc6c7ccccc7n(c4c3)c65)cccc12. The lowest BCUT2D eigenvalue weighted by molar-refractivity contribution is 0.668. The van der Waals surface area contributed by atoms with Crippen molar-refractivity contribution in [2.45, 2.75) is 0 Å². The molecule has 0 atom stereocenters. The molecular weight excluding hydrogens is 470 g/mol. The molecule has 0 N–H and O–H groups in total. The number of para-hydroxylation sites is 4. The van der Waals surface area contributed by atoms with Gasteiger partial charge in [0.2, 0.25) is 0 Å². The Morgan fingerprint density at radius 3 is 2.09 bits per heavy atom. The summed E-state index contributed by atoms with van der Waals surface area (Å²) in [6.07, 6.45) is 0. The predicted molar refractivity (Wildman–Crippen MR) is 142 cm³/mol. The van der Waals surface area contributed by atoms with E-state index in [1.165, 1.54) is 38.1 Å². The van der Waals surface area contributed by atoms with Crippen molar-refractivity contribution >= 4 is 76.0 Å². The van der Waals surface area contributed by atoms with Crippen LogP contribution in [0.4, 0.5) is 0 Å². The summed E-state index contributed by atoms with van der Waals surface area (Å²) >= 11 is 3.65. The molecule has 0 spiro atoms. The van der Waals surface area contributed by atoms with E-state index in [9.17, 15) is 0 Å². The van der Waals surface area contributed by atoms with E-state index < -0.39 is 0 Å². The zero-order chi connectivity index (χ0) is 21.7. The molecule has 0 bridgehead atoms. The van der Waals surface area contributed by atoms with Gasteiger partial charge in [0.05, 0.1) is 21.0 Å². The number of hydrogen-bond donors (Lipinski definition) is 0. The summed E-state index contributed by atoms with van der Waals surface area (Å²) < 4.78 is 9.81. The van der Waals surface area contributed by atoms with E-state index in [4.69, 9.17) is 4.42 Å². The fraction of sp³-hybridized carbons (Fsp3) is 0. The van der Waals surface area contributed by atoms with E-state index >= 15 is 0 Å². The van der Waals surface area contributed by atoms with Crippen LogP contribution < -0.4 is 0 Å². The molecule has 0 aliphatic carbocycles. The van der Waals surface area contributed by atoms with Crippen LogP contribution in [0.1, 0.15) is 0 Å². The van der Waals surface area contributed by atoms with Crippen LogP contribution in [0.25, 0.3) is 71.2 Å². The van der Waals surface area contributed by atoms with Gasteiger partial charge in [-0.2, -0.15) is 0 Å². The number of fused-ring (bicyclic) bond motifs is 9. The lowest BCUT2D eigenvalue weighted by Gasteiger charge is -2.05. The number of furan rings is 1. The van der Waals surface area contributed by atoms with Gasteiger partial charge in [0, 0.05) is 37.9 Å². The minimum atomic E-state index is 0.895. The third-order valence-electron chi connectivity index (χ3n) is 7.01. The van der Waals surface area contributed by atoms with Gasteiger partial charge in [0.15, 0.2) is 0 Å². The zero-order valence-electron chi connectivity index (χ0n) is 17.5. The first-order valence-corrected chi connectivity index (χ1v) is 11.9. The van der Waals surface area contributed by atoms with E-state index in [0.29, 0.717) is 0 Å². The Hall–Kier alpha value is -3.82. The second-order valence-electron chi connectivity index (χ2n) is 8.69. The molecule has 8 rings (SSSR count). The highest BCUT2D eigenvalue weighted by Gasteiger charge is 2.18. The Bertz CT molecular complexity index is 2040. The molecular formula is C30H16BrNO. The third kappa shape index (κ3) is 2.18. The molecule has 0 saturated heterocycles. The Kier molecular flexibility index (Phi) is 3.30. The van der Waals surface area contributed by atoms with Crippen LogP contribution >= 0.6 is 15.9 Å². The fourth-order valence-electron chi connectivity index (χ4n) is 5.61. The van der Waals surface area contributed by atoms with Gasteiger partial charge in [0.1, 0.15) is 11.2 Å². The molecule has 2 nitrogen and oxygen atoms in total. The van der Waals surface area contributed by atoms with Crippen LogP contribution in [-0.4, -0.2) is 4.40 Å². The quantitative estimate of drug-likeness (QED) is 0.226. The van der Waals surface area contributed by atoms with Crippen molar-refractivity contribution in [3.63, 3.8) is 0 Å². The Morgan fingerprint density at radius 1 is 0.545 bits per heavy atom. The second-order valence-corrected chi connectivity index (χ2v) is 9.54. The van der Waals surface area contributed by atoms with Crippen LogP contribution in [0.15, 0.2) is 106 Å². The van der Waals surface area contributed by atoms with Crippen molar-refractivity contribution in [2.24, 2.45) is 0 Å². The predicted octanol–water partition coefficient (Wildman–Crippen LogP) is 9.17. The Balaban J connectivity index is 1.51. The van der Waals surface area contributed by atoms with Gasteiger partial charge in [-0.15, -0.1) is 0 Å². The van der Waals surface area contributed by atoms with Crippen molar-refractivity contribution in [3.05, 3.63) is 102 Å². The van der Waals surface area contributed by atoms with E-state index in [0.717, 1.165) is 37.5 Å². The molecule has 5 aromatic carbocycles. The van der Waals surface area contributed by atoms with Gasteiger partial charge < -0.3 is 8.82 Å². The summed E-state index contributed by atoms with van der Waals surface area (Å²) in [4.78, 5) is 0. The van der Waals surface area contributed by atoms with Gasteiger partial charge in [0.25, 0.3) is 0 Å². The molecule has 0 fully saturated rings. The van der Waals surface area contributed by atoms with Gasteiger partial charge in [-0.3, -0.25) is 0 Å². The summed E-state index contributed by atoms with van der Waals surface area (Å²) in [7, 11) is 0. The molecule has 0 unspecified atom stereocenters. The first-order chi connectivity index (χ1) is 16.3. The average molecular weight is 486 g/mol. The molecule has 3 aromatic heterocycles. The Labute approximate surface area is 197 Å². The number of rotatable bonds is 1. The van der Waals surface area contributed by atoms with Crippen LogP contribution in [0.5, 0.6) is 0 Å². The van der Waals surface area contributed by atoms with Gasteiger partial charge in [-0.1, -0.05) is 78.9 Å². The smallest absolute Gasteiger partial charge is 0.149 e. The van der Waals surface area contributed by atoms with Crippen LogP contribution in [0.3, 0.4) is 0 Å². The third-order valence-corrected chi connectivity index (χ3v) is 7.64. The summed E-state index contributed by atoms with van der Waals surface area (Å²) in [5.41, 5.74) is 7.88. The second kappa shape index (κ2) is 6.15. The molecule has 0 amide bonds. The van der Waals surface area contributed by atoms with Crippen molar-refractivity contribution in [1.82, 2.24) is 4.40 Å². The molecule has 0 saturated carbocycles. The van der Waals surface area contributed by atoms with Gasteiger partial charge in [-0.05, 0) is 39.7 Å². The molecule has 154 valence electrons. The summed E-state index contributed by atoms with van der Waals surface area (Å²) in [6.45, 7) is 0. The minimum absolute atomic E-state index is 0.895. The molecule has 3 heterocycles. The average Bonchev–Trinajstić information content (AvgIpc) is 3.51. The molecule has 0 aliphatic rings. The number of aromatic nitrogens is 1. The molecule has 3 heteroatoms. The van der Waals surface area contributed by atoms with E-state index in [1.807, 2.05) is 6.07 Å². The van der Waals surface area contributed by atoms with Crippen molar-refractivity contribution < 1.29 is 4.42 Å². The summed E-state index contributed by atoms with van der Waals surface area (Å²) in [5, 5.41) is 7.47. The maximum Gasteiger partial charge on any atom is 0.149 e. The maximum absolute atomic E-state index is 6.41. The molecule has 0 aliphatic heterocycles. The highest BCUT2D eigenvalue weighted by Crippen LogP contribution is 2.42. The lowest BCUT2D eigenvalue weighted by Crippen LogP contribution is -1.83. The largest absolute Gasteiger partial charge is 0.454 e. The van der Waals surface area contributed by atoms with Crippen molar-refractivity contribution in [3.8, 4) is 11.1 Å². The summed E-state index contributed by atoms with van der Waals surface area (Å²) in [5.74, 6) is 0. The number of benzene rings is 5. The Morgan fingerprint density at radius 2 is 1.21 bits per heavy atom. The monoisotopic (exact) mass is 485 g/mol. The lowest BCUT2D eigenvalue weighted by atomic mass is 10.0. The molecule has 33 heavy (non-hydrogen) atoms. The normalized spacial score (nSPS) is 12.4. The van der Waals surface area contributed by atoms with Gasteiger partial charge >= 0.3 is 0 Å². The first kappa shape index (κ1) is 17.7. The van der Waals surface area contributed by atoms with Crippen LogP contribution in [-0.2, 0) is 0 Å². The number of hydrogen-bond acceptors (Lipinski definition) is 1. The maximum atomic E-state index is 6.41. The topological polar surface area (TPSA) is 17.6 Å². The fourth-order valence-corrected chi connectivity index (χ4v) is 6.06. The number of halogens is 1.